The van der Waals surface area contributed by atoms with Gasteiger partial charge in [0.25, 0.3) is 0 Å². The zero-order valence-corrected chi connectivity index (χ0v) is 7.90. The molecule has 3 heteroatoms. The van der Waals surface area contributed by atoms with Gasteiger partial charge in [-0.25, -0.2) is 0 Å². The van der Waals surface area contributed by atoms with Gasteiger partial charge in [0.2, 0.25) is 5.91 Å². The summed E-state index contributed by atoms with van der Waals surface area (Å²) in [7, 11) is -1.60. The summed E-state index contributed by atoms with van der Waals surface area (Å²) in [6.45, 7) is 9.62. The van der Waals surface area contributed by atoms with E-state index in [0.29, 0.717) is 6.42 Å². The van der Waals surface area contributed by atoms with Gasteiger partial charge in [-0.1, -0.05) is 12.6 Å². The molecule has 0 bridgehead atoms. The number of rotatable bonds is 3. The highest BCUT2D eigenvalue weighted by Crippen LogP contribution is 1.97. The minimum absolute atomic E-state index is 0.122. The van der Waals surface area contributed by atoms with Crippen LogP contribution in [0.5, 0.6) is 0 Å². The molecule has 0 unspecified atom stereocenters. The Balaban J connectivity index is 3.88. The van der Waals surface area contributed by atoms with Gasteiger partial charge >= 0.3 is 0 Å². The first-order chi connectivity index (χ1) is 4.52. The number of hydrogen-bond donors (Lipinski definition) is 1. The van der Waals surface area contributed by atoms with Crippen molar-refractivity contribution < 1.29 is 4.79 Å². The van der Waals surface area contributed by atoms with Crippen LogP contribution < -0.4 is 4.98 Å². The van der Waals surface area contributed by atoms with Crippen LogP contribution in [0.15, 0.2) is 12.3 Å². The summed E-state index contributed by atoms with van der Waals surface area (Å²) in [5.41, 5.74) is 1.86. The average Bonchev–Trinajstić information content (AvgIpc) is 1.87. The van der Waals surface area contributed by atoms with Gasteiger partial charge in [0, 0.05) is 6.42 Å². The number of hydrogen-bond acceptors (Lipinski definition) is 1. The number of carbonyl (C=O) groups is 1. The van der Waals surface area contributed by atoms with E-state index in [1.54, 1.807) is 0 Å². The Bertz CT molecular complexity index is 143. The van der Waals surface area contributed by atoms with Crippen LogP contribution in [0, 0.1) is 0 Å². The van der Waals surface area contributed by atoms with Crippen molar-refractivity contribution in [2.75, 3.05) is 0 Å². The molecule has 0 heterocycles. The summed E-state index contributed by atoms with van der Waals surface area (Å²) in [6.07, 6.45) is 0.560. The predicted molar refractivity (Wildman–Crippen MR) is 46.1 cm³/mol. The van der Waals surface area contributed by atoms with Crippen LogP contribution in [0.25, 0.3) is 0 Å². The maximum absolute atomic E-state index is 10.9. The maximum atomic E-state index is 10.9. The fourth-order valence-electron chi connectivity index (χ4n) is 0.499. The van der Waals surface area contributed by atoms with Crippen LogP contribution in [0.2, 0.25) is 13.1 Å². The van der Waals surface area contributed by atoms with Crippen LogP contribution in [0.1, 0.15) is 13.3 Å². The SMILES string of the molecule is C=C[Si](C)(C)NC(=O)CC. The monoisotopic (exact) mass is 157 g/mol. The van der Waals surface area contributed by atoms with Crippen LogP contribution in [-0.4, -0.2) is 14.1 Å². The van der Waals surface area contributed by atoms with Crippen LogP contribution in [-0.2, 0) is 4.79 Å². The largest absolute Gasteiger partial charge is 0.379 e. The maximum Gasteiger partial charge on any atom is 0.212 e. The van der Waals surface area contributed by atoms with Gasteiger partial charge in [-0.05, 0) is 13.1 Å². The molecule has 0 saturated carbocycles. The highest BCUT2D eigenvalue weighted by atomic mass is 28.3. The Labute approximate surface area is 63.4 Å². The van der Waals surface area contributed by atoms with Crippen molar-refractivity contribution in [1.82, 2.24) is 4.98 Å². The van der Waals surface area contributed by atoms with Gasteiger partial charge in [0.1, 0.15) is 0 Å². The lowest BCUT2D eigenvalue weighted by molar-refractivity contribution is -0.119. The third kappa shape index (κ3) is 3.45. The Morgan fingerprint density at radius 3 is 2.50 bits per heavy atom. The van der Waals surface area contributed by atoms with E-state index in [2.05, 4.69) is 11.6 Å². The lowest BCUT2D eigenvalue weighted by atomic mass is 10.5. The summed E-state index contributed by atoms with van der Waals surface area (Å²) in [6, 6.07) is 0. The fourth-order valence-corrected chi connectivity index (χ4v) is 1.50. The molecule has 0 rings (SSSR count). The minimum Gasteiger partial charge on any atom is -0.379 e. The van der Waals surface area contributed by atoms with Crippen molar-refractivity contribution in [3.05, 3.63) is 12.3 Å². The molecule has 0 aromatic carbocycles. The molecule has 58 valence electrons. The van der Waals surface area contributed by atoms with Crippen molar-refractivity contribution in [2.45, 2.75) is 26.4 Å². The predicted octanol–water partition coefficient (Wildman–Crippen LogP) is 1.44. The molecule has 0 radical (unpaired) electrons. The van der Waals surface area contributed by atoms with E-state index in [1.807, 2.05) is 25.7 Å². The van der Waals surface area contributed by atoms with E-state index in [-0.39, 0.29) is 5.91 Å². The van der Waals surface area contributed by atoms with Gasteiger partial charge in [0.05, 0.1) is 0 Å². The van der Waals surface area contributed by atoms with E-state index in [4.69, 9.17) is 0 Å². The first kappa shape index (κ1) is 9.43. The molecule has 0 saturated heterocycles. The molecule has 0 spiro atoms. The lowest BCUT2D eigenvalue weighted by Gasteiger charge is -2.17. The van der Waals surface area contributed by atoms with Crippen LogP contribution in [0.4, 0.5) is 0 Å². The molecule has 1 N–H and O–H groups in total. The normalized spacial score (nSPS) is 10.7. The Hall–Kier alpha value is -0.573. The first-order valence-electron chi connectivity index (χ1n) is 3.46. The Morgan fingerprint density at radius 1 is 1.70 bits per heavy atom. The minimum atomic E-state index is -1.60. The summed E-state index contributed by atoms with van der Waals surface area (Å²) >= 11 is 0. The smallest absolute Gasteiger partial charge is 0.212 e. The molecule has 0 aromatic heterocycles. The van der Waals surface area contributed by atoms with Crippen LogP contribution >= 0.6 is 0 Å². The quantitative estimate of drug-likeness (QED) is 0.617. The van der Waals surface area contributed by atoms with Gasteiger partial charge in [-0.3, -0.25) is 4.79 Å². The number of amides is 1. The van der Waals surface area contributed by atoms with Gasteiger partial charge in [0.15, 0.2) is 8.24 Å². The second kappa shape index (κ2) is 3.56. The molecule has 10 heavy (non-hydrogen) atoms. The zero-order chi connectivity index (χ0) is 8.20. The highest BCUT2D eigenvalue weighted by Gasteiger charge is 2.17. The second-order valence-corrected chi connectivity index (χ2v) is 6.93. The Kier molecular flexibility index (Phi) is 3.36. The third-order valence-electron chi connectivity index (χ3n) is 1.29. The molecular weight excluding hydrogens is 142 g/mol. The average molecular weight is 157 g/mol. The molecule has 0 aliphatic rings. The second-order valence-electron chi connectivity index (χ2n) is 2.83. The highest BCUT2D eigenvalue weighted by molar-refractivity contribution is 6.81. The number of nitrogens with one attached hydrogen (secondary N) is 1. The van der Waals surface area contributed by atoms with Crippen molar-refractivity contribution in [1.29, 1.82) is 0 Å². The summed E-state index contributed by atoms with van der Waals surface area (Å²) in [5, 5.41) is 0. The van der Waals surface area contributed by atoms with Gasteiger partial charge < -0.3 is 4.98 Å². The first-order valence-corrected chi connectivity index (χ1v) is 6.54. The van der Waals surface area contributed by atoms with Crippen molar-refractivity contribution in [2.24, 2.45) is 0 Å². The molecule has 0 atom stereocenters. The van der Waals surface area contributed by atoms with E-state index < -0.39 is 8.24 Å². The standard InChI is InChI=1S/C7H15NOSi/c1-5-7(9)8-10(3,4)6-2/h6H,2,5H2,1,3-4H3,(H,8,9). The van der Waals surface area contributed by atoms with Gasteiger partial charge in [-0.15, -0.1) is 6.58 Å². The van der Waals surface area contributed by atoms with E-state index >= 15 is 0 Å². The lowest BCUT2D eigenvalue weighted by Crippen LogP contribution is -2.46. The molecular formula is C7H15NOSi. The molecule has 0 fully saturated rings. The summed E-state index contributed by atoms with van der Waals surface area (Å²) in [4.78, 5) is 13.8. The van der Waals surface area contributed by atoms with Crippen molar-refractivity contribution in [3.8, 4) is 0 Å². The van der Waals surface area contributed by atoms with Crippen molar-refractivity contribution in [3.63, 3.8) is 0 Å². The van der Waals surface area contributed by atoms with Gasteiger partial charge in [-0.2, -0.15) is 0 Å². The Morgan fingerprint density at radius 2 is 2.20 bits per heavy atom. The summed E-state index contributed by atoms with van der Waals surface area (Å²) < 4.78 is 0. The third-order valence-corrected chi connectivity index (χ3v) is 3.24. The van der Waals surface area contributed by atoms with E-state index in [1.165, 1.54) is 0 Å². The molecule has 1 amide bonds. The molecule has 0 aliphatic carbocycles. The van der Waals surface area contributed by atoms with Crippen LogP contribution in [0.3, 0.4) is 0 Å². The zero-order valence-electron chi connectivity index (χ0n) is 6.90. The molecule has 0 aliphatic heterocycles. The van der Waals surface area contributed by atoms with E-state index in [0.717, 1.165) is 0 Å². The number of carbonyl (C=O) groups excluding carboxylic acids is 1. The molecule has 0 aromatic rings. The molecule has 2 nitrogen and oxygen atoms in total. The van der Waals surface area contributed by atoms with Crippen molar-refractivity contribution >= 4 is 14.1 Å². The fraction of sp³-hybridized carbons (Fsp3) is 0.571. The topological polar surface area (TPSA) is 29.1 Å². The summed E-state index contributed by atoms with van der Waals surface area (Å²) in [5.74, 6) is 0.122. The van der Waals surface area contributed by atoms with E-state index in [9.17, 15) is 4.79 Å².